The average Bonchev–Trinajstić information content (AvgIpc) is 3.97. The first-order chi connectivity index (χ1) is 31.6. The van der Waals surface area contributed by atoms with Gasteiger partial charge in [-0.1, -0.05) is 140 Å². The van der Waals surface area contributed by atoms with Gasteiger partial charge in [0.25, 0.3) is 0 Å². The lowest BCUT2D eigenvalue weighted by atomic mass is 9.43. The topological polar surface area (TPSA) is 0 Å². The van der Waals surface area contributed by atoms with Crippen molar-refractivity contribution in [1.29, 1.82) is 0 Å². The Balaban J connectivity index is 0.933. The minimum Gasteiger partial charge on any atom is -0.0882 e. The third kappa shape index (κ3) is 5.08. The first-order valence-corrected chi connectivity index (χ1v) is 27.0. The molecule has 0 nitrogen and oxygen atoms in total. The average molecular weight is 839 g/mol. The lowest BCUT2D eigenvalue weighted by molar-refractivity contribution is -0.0864. The van der Waals surface area contributed by atoms with E-state index in [4.69, 9.17) is 0 Å². The van der Waals surface area contributed by atoms with Crippen LogP contribution in [0.2, 0.25) is 0 Å². The summed E-state index contributed by atoms with van der Waals surface area (Å²) in [5.74, 6) is 16.3. The summed E-state index contributed by atoms with van der Waals surface area (Å²) in [6, 6.07) is 39.6. The van der Waals surface area contributed by atoms with E-state index in [2.05, 4.69) is 135 Å². The molecule has 0 heteroatoms. The maximum absolute atomic E-state index is 2.84. The monoisotopic (exact) mass is 839 g/mol. The van der Waals surface area contributed by atoms with Crippen LogP contribution in [-0.4, -0.2) is 0 Å². The van der Waals surface area contributed by atoms with E-state index in [1.165, 1.54) is 93.7 Å². The van der Waals surface area contributed by atoms with E-state index in [0.29, 0.717) is 23.7 Å². The zero-order chi connectivity index (χ0) is 41.9. The van der Waals surface area contributed by atoms with Crippen molar-refractivity contribution < 1.29 is 0 Å². The van der Waals surface area contributed by atoms with Gasteiger partial charge in [-0.25, -0.2) is 0 Å². The number of hydrogen-bond donors (Lipinski definition) is 0. The molecule has 20 atom stereocenters. The van der Waals surface area contributed by atoms with Crippen molar-refractivity contribution in [3.05, 3.63) is 154 Å². The molecule has 326 valence electrons. The molecule has 4 aromatic carbocycles. The second kappa shape index (κ2) is 14.3. The van der Waals surface area contributed by atoms with Gasteiger partial charge in [0.15, 0.2) is 0 Å². The highest BCUT2D eigenvalue weighted by atomic mass is 14.7. The van der Waals surface area contributed by atoms with Crippen LogP contribution in [0.4, 0.5) is 0 Å². The van der Waals surface area contributed by atoms with Gasteiger partial charge in [0.1, 0.15) is 0 Å². The molecule has 0 radical (unpaired) electrons. The van der Waals surface area contributed by atoms with E-state index in [1.54, 1.807) is 32.7 Å². The van der Waals surface area contributed by atoms with Crippen LogP contribution in [0.3, 0.4) is 0 Å². The normalized spacial score (nSPS) is 44.7. The number of hydrogen-bond acceptors (Lipinski definition) is 0. The van der Waals surface area contributed by atoms with Crippen molar-refractivity contribution in [3.8, 4) is 11.1 Å². The Morgan fingerprint density at radius 2 is 1.19 bits per heavy atom. The summed E-state index contributed by atoms with van der Waals surface area (Å²) in [5, 5.41) is 3.30. The van der Waals surface area contributed by atoms with Crippen molar-refractivity contribution in [1.82, 2.24) is 0 Å². The smallest absolute Gasteiger partial charge is 0.00642 e. The summed E-state index contributed by atoms with van der Waals surface area (Å²) in [7, 11) is 0. The Hall–Kier alpha value is -3.90. The van der Waals surface area contributed by atoms with Crippen molar-refractivity contribution >= 4 is 11.1 Å². The predicted molar refractivity (Wildman–Crippen MR) is 262 cm³/mol. The molecule has 7 fully saturated rings. The highest BCUT2D eigenvalue weighted by molar-refractivity contribution is 5.92. The molecule has 0 saturated heterocycles. The molecule has 4 aromatic rings. The number of benzene rings is 4. The molecule has 64 heavy (non-hydrogen) atoms. The van der Waals surface area contributed by atoms with Crippen molar-refractivity contribution in [2.45, 2.75) is 103 Å². The summed E-state index contributed by atoms with van der Waals surface area (Å²) in [6.07, 6.45) is 27.9. The second-order valence-corrected chi connectivity index (χ2v) is 24.3. The van der Waals surface area contributed by atoms with Crippen LogP contribution in [0.15, 0.2) is 121 Å². The van der Waals surface area contributed by atoms with E-state index in [0.717, 1.165) is 94.7 Å². The van der Waals surface area contributed by atoms with Gasteiger partial charge >= 0.3 is 0 Å². The summed E-state index contributed by atoms with van der Waals surface area (Å²) < 4.78 is 0. The number of allylic oxidation sites excluding steroid dienone is 4. The van der Waals surface area contributed by atoms with E-state index in [9.17, 15) is 0 Å². The predicted octanol–water partition coefficient (Wildman–Crippen LogP) is 13.9. The quantitative estimate of drug-likeness (QED) is 0.180. The number of aryl methyl sites for hydroxylation is 1. The maximum atomic E-state index is 2.84. The van der Waals surface area contributed by atoms with Gasteiger partial charge in [0.2, 0.25) is 0 Å². The summed E-state index contributed by atoms with van der Waals surface area (Å²) >= 11 is 0. The van der Waals surface area contributed by atoms with Crippen LogP contribution in [0.1, 0.15) is 118 Å². The molecule has 0 spiro atoms. The van der Waals surface area contributed by atoms with Gasteiger partial charge in [0.05, 0.1) is 0 Å². The third-order valence-electron chi connectivity index (χ3n) is 22.5. The zero-order valence-electron chi connectivity index (χ0n) is 38.6. The van der Waals surface area contributed by atoms with Gasteiger partial charge in [-0.3, -0.25) is 0 Å². The number of rotatable bonds is 3. The van der Waals surface area contributed by atoms with E-state index < -0.39 is 0 Å². The number of fused-ring (bicyclic) bond motifs is 13. The zero-order valence-corrected chi connectivity index (χ0v) is 38.6. The minimum absolute atomic E-state index is 0.593. The second-order valence-electron chi connectivity index (χ2n) is 24.3. The van der Waals surface area contributed by atoms with Crippen molar-refractivity contribution in [2.24, 2.45) is 107 Å². The fraction of sp³-hybridized carbons (Fsp3) is 0.531. The van der Waals surface area contributed by atoms with Gasteiger partial charge in [0, 0.05) is 0 Å². The molecule has 7 saturated carbocycles. The van der Waals surface area contributed by atoms with Crippen LogP contribution >= 0.6 is 0 Å². The molecule has 20 unspecified atom stereocenters. The standard InChI is InChI=1S/C64H70/c1-35-28-29-47-54(36(2)32-50-43-24-13-14-25-44(43)55(35)60(47)50)48-30-31-49-62-52(33-39-20-9-10-21-40(39)59(48)62)64-57(38-18-7-4-8-19-38)61-46-27-15-26-45-41-22-11-12-23-42(41)51(58(45)46)34-53(61)56(63(49)64)37-16-5-3-6-17-37/h3-8,10-11,13-14,16-19,21-22,24-25,28-29,36,39-42,45-46,48-49,51-53,56-59,61-64H,9,12,15,20,23,26-27,30-34H2,1-2H3. The van der Waals surface area contributed by atoms with Crippen molar-refractivity contribution in [3.63, 3.8) is 0 Å². The van der Waals surface area contributed by atoms with Crippen LogP contribution in [-0.2, 0) is 0 Å². The van der Waals surface area contributed by atoms with Gasteiger partial charge in [-0.15, -0.1) is 0 Å². The molecular weight excluding hydrogens is 769 g/mol. The summed E-state index contributed by atoms with van der Waals surface area (Å²) in [6.45, 7) is 5.04. The minimum atomic E-state index is 0.593. The van der Waals surface area contributed by atoms with E-state index in [-0.39, 0.29) is 0 Å². The van der Waals surface area contributed by atoms with Gasteiger partial charge < -0.3 is 0 Å². The Kier molecular flexibility index (Phi) is 8.54. The highest BCUT2D eigenvalue weighted by Crippen LogP contribution is 2.77. The fourth-order valence-electron chi connectivity index (χ4n) is 21.3. The highest BCUT2D eigenvalue weighted by Gasteiger charge is 2.70. The molecule has 15 rings (SSSR count). The molecule has 0 amide bonds. The molecule has 0 N–H and O–H groups in total. The SMILES string of the molecule is Cc1ccc2c3c1-c1ccccc1C=3CC(C)C=2C1CCC2C3C(CC4CCC=CC4C13)C1C(c3ccccc3)C3C(CC4C5CCC=CC5C5CCCC3C54)C(c3ccccc3)C21. The molecule has 0 heterocycles. The molecule has 11 aliphatic rings. The molecule has 0 aliphatic heterocycles. The Bertz CT molecular complexity index is 2700. The van der Waals surface area contributed by atoms with Gasteiger partial charge in [-0.05, 0) is 245 Å². The molecule has 0 bridgehead atoms. The van der Waals surface area contributed by atoms with Crippen LogP contribution < -0.4 is 10.4 Å². The fourth-order valence-corrected chi connectivity index (χ4v) is 21.3. The Labute approximate surface area is 383 Å². The molecule has 11 aliphatic carbocycles. The lowest BCUT2D eigenvalue weighted by Crippen LogP contribution is -2.54. The first-order valence-electron chi connectivity index (χ1n) is 27.0. The Morgan fingerprint density at radius 1 is 0.484 bits per heavy atom. The Morgan fingerprint density at radius 3 is 2.02 bits per heavy atom. The summed E-state index contributed by atoms with van der Waals surface area (Å²) in [5.41, 5.74) is 13.1. The largest absolute Gasteiger partial charge is 0.0882 e. The van der Waals surface area contributed by atoms with E-state index >= 15 is 0 Å². The van der Waals surface area contributed by atoms with Gasteiger partial charge in [-0.2, -0.15) is 0 Å². The maximum Gasteiger partial charge on any atom is -0.00642 e. The van der Waals surface area contributed by atoms with Crippen molar-refractivity contribution in [2.75, 3.05) is 0 Å². The van der Waals surface area contributed by atoms with E-state index in [1.807, 2.05) is 5.57 Å². The van der Waals surface area contributed by atoms with Crippen LogP contribution in [0.5, 0.6) is 0 Å². The lowest BCUT2D eigenvalue weighted by Gasteiger charge is -2.61. The first kappa shape index (κ1) is 38.2. The summed E-state index contributed by atoms with van der Waals surface area (Å²) in [4.78, 5) is 0. The molecular formula is C64H70. The van der Waals surface area contributed by atoms with Crippen LogP contribution in [0, 0.1) is 113 Å². The van der Waals surface area contributed by atoms with Crippen LogP contribution in [0.25, 0.3) is 22.3 Å². The third-order valence-corrected chi connectivity index (χ3v) is 22.5. The molecule has 0 aromatic heterocycles.